The van der Waals surface area contributed by atoms with Crippen LogP contribution in [0.1, 0.15) is 39.2 Å². The lowest BCUT2D eigenvalue weighted by Gasteiger charge is -2.33. The van der Waals surface area contributed by atoms with Gasteiger partial charge in [-0.25, -0.2) is 0 Å². The van der Waals surface area contributed by atoms with E-state index in [1.807, 2.05) is 6.07 Å². The number of carbonyl (C=O) groups is 1. The Hall–Kier alpha value is -1.37. The summed E-state index contributed by atoms with van der Waals surface area (Å²) in [4.78, 5) is 13.0. The van der Waals surface area contributed by atoms with E-state index in [2.05, 4.69) is 51.1 Å². The summed E-state index contributed by atoms with van der Waals surface area (Å²) in [6.07, 6.45) is 4.55. The highest BCUT2D eigenvalue weighted by atomic mass is 16.1. The lowest BCUT2D eigenvalue weighted by molar-refractivity contribution is -0.129. The Bertz CT molecular complexity index is 612. The third-order valence-electron chi connectivity index (χ3n) is 6.42. The van der Waals surface area contributed by atoms with Crippen molar-refractivity contribution in [2.75, 3.05) is 0 Å². The highest BCUT2D eigenvalue weighted by molar-refractivity contribution is 6.03. The van der Waals surface area contributed by atoms with Gasteiger partial charge in [0, 0.05) is 11.3 Å². The minimum atomic E-state index is -0.0762. The van der Waals surface area contributed by atoms with Crippen molar-refractivity contribution in [3.8, 4) is 0 Å². The van der Waals surface area contributed by atoms with Crippen LogP contribution < -0.4 is 0 Å². The Morgan fingerprint density at radius 3 is 2.55 bits per heavy atom. The first-order valence-electron chi connectivity index (χ1n) is 7.81. The normalized spacial score (nSPS) is 41.6. The van der Waals surface area contributed by atoms with E-state index >= 15 is 0 Å². The van der Waals surface area contributed by atoms with Gasteiger partial charge in [-0.3, -0.25) is 4.79 Å². The van der Waals surface area contributed by atoms with Crippen molar-refractivity contribution in [3.05, 3.63) is 42.0 Å². The van der Waals surface area contributed by atoms with Gasteiger partial charge in [0.2, 0.25) is 0 Å². The van der Waals surface area contributed by atoms with Gasteiger partial charge in [-0.1, -0.05) is 57.2 Å². The van der Waals surface area contributed by atoms with Gasteiger partial charge in [0.15, 0.2) is 0 Å². The average molecular weight is 266 g/mol. The fourth-order valence-corrected chi connectivity index (χ4v) is 5.18. The number of rotatable bonds is 2. The third-order valence-corrected chi connectivity index (χ3v) is 6.42. The maximum absolute atomic E-state index is 13.0. The molecule has 0 radical (unpaired) electrons. The lowest BCUT2D eigenvalue weighted by atomic mass is 9.68. The molecular weight excluding hydrogens is 244 g/mol. The molecule has 0 N–H and O–H groups in total. The van der Waals surface area contributed by atoms with Crippen LogP contribution in [-0.4, -0.2) is 5.78 Å². The molecule has 4 rings (SSSR count). The zero-order valence-corrected chi connectivity index (χ0v) is 12.5. The van der Waals surface area contributed by atoms with Gasteiger partial charge in [0.25, 0.3) is 0 Å². The Morgan fingerprint density at radius 1 is 1.20 bits per heavy atom. The van der Waals surface area contributed by atoms with Crippen LogP contribution in [0.25, 0.3) is 5.57 Å². The second-order valence-corrected chi connectivity index (χ2v) is 7.47. The fourth-order valence-electron chi connectivity index (χ4n) is 5.18. The molecule has 3 aliphatic rings. The van der Waals surface area contributed by atoms with E-state index in [-0.39, 0.29) is 16.7 Å². The summed E-state index contributed by atoms with van der Waals surface area (Å²) in [5, 5.41) is 0. The number of hydrogen-bond acceptors (Lipinski definition) is 1. The molecule has 0 saturated heterocycles. The summed E-state index contributed by atoms with van der Waals surface area (Å²) < 4.78 is 0. The molecule has 1 aromatic rings. The molecule has 104 valence electrons. The second-order valence-electron chi connectivity index (χ2n) is 7.47. The van der Waals surface area contributed by atoms with Crippen molar-refractivity contribution in [2.24, 2.45) is 28.6 Å². The van der Waals surface area contributed by atoms with Gasteiger partial charge >= 0.3 is 0 Å². The van der Waals surface area contributed by atoms with Crippen molar-refractivity contribution in [1.29, 1.82) is 0 Å². The Morgan fingerprint density at radius 2 is 1.90 bits per heavy atom. The van der Waals surface area contributed by atoms with E-state index in [4.69, 9.17) is 0 Å². The van der Waals surface area contributed by atoms with E-state index in [1.165, 1.54) is 17.6 Å². The van der Waals surface area contributed by atoms with Crippen molar-refractivity contribution in [2.45, 2.75) is 33.6 Å². The molecule has 3 aliphatic carbocycles. The Labute approximate surface area is 121 Å². The quantitative estimate of drug-likeness (QED) is 0.778. The van der Waals surface area contributed by atoms with E-state index in [0.29, 0.717) is 17.6 Å². The Kier molecular flexibility index (Phi) is 2.25. The zero-order chi connectivity index (χ0) is 14.1. The third kappa shape index (κ3) is 1.22. The summed E-state index contributed by atoms with van der Waals surface area (Å²) in [5.41, 5.74) is 2.74. The van der Waals surface area contributed by atoms with Gasteiger partial charge < -0.3 is 0 Å². The number of Topliss-reactive ketones (excluding diaryl/α,β-unsaturated/α-hetero) is 1. The lowest BCUT2D eigenvalue weighted by Crippen LogP contribution is -2.35. The van der Waals surface area contributed by atoms with Crippen LogP contribution in [0.5, 0.6) is 0 Å². The van der Waals surface area contributed by atoms with Gasteiger partial charge in [0.05, 0.1) is 0 Å². The molecule has 1 nitrogen and oxygen atoms in total. The summed E-state index contributed by atoms with van der Waals surface area (Å²) >= 11 is 0. The van der Waals surface area contributed by atoms with Gasteiger partial charge in [0.1, 0.15) is 5.78 Å². The largest absolute Gasteiger partial charge is 0.298 e. The molecule has 2 bridgehead atoms. The molecule has 20 heavy (non-hydrogen) atoms. The maximum Gasteiger partial charge on any atom is 0.147 e. The number of hydrogen-bond donors (Lipinski definition) is 0. The highest BCUT2D eigenvalue weighted by Crippen LogP contribution is 2.79. The van der Waals surface area contributed by atoms with Crippen molar-refractivity contribution in [1.82, 2.24) is 0 Å². The summed E-state index contributed by atoms with van der Waals surface area (Å²) in [6.45, 7) is 6.82. The predicted octanol–water partition coefficient (Wildman–Crippen LogP) is 4.34. The number of benzene rings is 1. The molecule has 0 aromatic heterocycles. The molecule has 4 atom stereocenters. The molecule has 4 unspecified atom stereocenters. The molecule has 1 aromatic carbocycles. The smallest absolute Gasteiger partial charge is 0.147 e. The molecule has 0 amide bonds. The van der Waals surface area contributed by atoms with Crippen LogP contribution in [0.2, 0.25) is 0 Å². The molecule has 0 heterocycles. The topological polar surface area (TPSA) is 17.1 Å². The first-order chi connectivity index (χ1) is 9.52. The van der Waals surface area contributed by atoms with Gasteiger partial charge in [-0.2, -0.15) is 0 Å². The monoisotopic (exact) mass is 266 g/mol. The minimum Gasteiger partial charge on any atom is -0.298 e. The van der Waals surface area contributed by atoms with E-state index in [0.717, 1.165) is 6.42 Å². The predicted molar refractivity (Wildman–Crippen MR) is 81.0 cm³/mol. The van der Waals surface area contributed by atoms with Crippen LogP contribution in [-0.2, 0) is 4.79 Å². The van der Waals surface area contributed by atoms with Crippen LogP contribution in [0.4, 0.5) is 0 Å². The molecule has 2 fully saturated rings. The summed E-state index contributed by atoms with van der Waals surface area (Å²) in [6, 6.07) is 10.5. The zero-order valence-electron chi connectivity index (χ0n) is 12.5. The SMILES string of the molecule is CC(C)C12CC1C1(C)CC=C(c3ccccc3)C2C1=O. The molecule has 0 spiro atoms. The fraction of sp³-hybridized carbons (Fsp3) is 0.526. The van der Waals surface area contributed by atoms with E-state index in [1.54, 1.807) is 0 Å². The molecule has 0 aliphatic heterocycles. The van der Waals surface area contributed by atoms with Gasteiger partial charge in [-0.15, -0.1) is 0 Å². The summed E-state index contributed by atoms with van der Waals surface area (Å²) in [7, 11) is 0. The number of ketones is 1. The van der Waals surface area contributed by atoms with Crippen LogP contribution >= 0.6 is 0 Å². The first-order valence-corrected chi connectivity index (χ1v) is 7.81. The van der Waals surface area contributed by atoms with Crippen molar-refractivity contribution >= 4 is 11.4 Å². The number of carbonyl (C=O) groups excluding carboxylic acids is 1. The minimum absolute atomic E-state index is 0.0762. The summed E-state index contributed by atoms with van der Waals surface area (Å²) in [5.74, 6) is 1.87. The van der Waals surface area contributed by atoms with Crippen LogP contribution in [0, 0.1) is 28.6 Å². The Balaban J connectivity index is 1.87. The average Bonchev–Trinajstić information content (AvgIpc) is 3.17. The second kappa shape index (κ2) is 3.63. The van der Waals surface area contributed by atoms with Crippen molar-refractivity contribution < 1.29 is 4.79 Å². The number of fused-ring (bicyclic) bond motifs is 5. The van der Waals surface area contributed by atoms with Gasteiger partial charge in [-0.05, 0) is 41.2 Å². The maximum atomic E-state index is 13.0. The number of allylic oxidation sites excluding steroid dienone is 2. The standard InChI is InChI=1S/C19H22O/c1-12(2)19-11-15(19)18(3)10-9-14(16(19)17(18)20)13-7-5-4-6-8-13/h4-9,12,15-16H,10-11H2,1-3H3. The van der Waals surface area contributed by atoms with Crippen LogP contribution in [0.15, 0.2) is 36.4 Å². The molecular formula is C19H22O. The molecule has 1 heteroatoms. The van der Waals surface area contributed by atoms with Crippen LogP contribution in [0.3, 0.4) is 0 Å². The van der Waals surface area contributed by atoms with E-state index in [9.17, 15) is 4.79 Å². The van der Waals surface area contributed by atoms with E-state index < -0.39 is 0 Å². The highest BCUT2D eigenvalue weighted by Gasteiger charge is 2.77. The first kappa shape index (κ1) is 12.4. The van der Waals surface area contributed by atoms with Crippen molar-refractivity contribution in [3.63, 3.8) is 0 Å². The molecule has 2 saturated carbocycles.